The van der Waals surface area contributed by atoms with Gasteiger partial charge < -0.3 is 4.74 Å². The molecule has 0 bridgehead atoms. The van der Waals surface area contributed by atoms with Crippen molar-refractivity contribution in [2.45, 2.75) is 37.4 Å². The zero-order valence-corrected chi connectivity index (χ0v) is 14.7. The van der Waals surface area contributed by atoms with Crippen LogP contribution in [0.15, 0.2) is 59.5 Å². The molecular formula is C19H20O5S. The second-order valence-corrected chi connectivity index (χ2v) is 7.82. The van der Waals surface area contributed by atoms with Crippen LogP contribution in [0.3, 0.4) is 0 Å². The summed E-state index contributed by atoms with van der Waals surface area (Å²) in [7, 11) is -3.79. The highest BCUT2D eigenvalue weighted by molar-refractivity contribution is 7.86. The molecular weight excluding hydrogens is 340 g/mol. The van der Waals surface area contributed by atoms with Crippen LogP contribution in [0, 0.1) is 12.8 Å². The fraction of sp³-hybridized carbons (Fsp3) is 0.316. The number of ether oxygens (including phenoxy) is 1. The Morgan fingerprint density at radius 3 is 2.32 bits per heavy atom. The molecule has 0 heterocycles. The minimum absolute atomic E-state index is 0.133. The van der Waals surface area contributed by atoms with Crippen molar-refractivity contribution in [3.63, 3.8) is 0 Å². The van der Waals surface area contributed by atoms with Crippen LogP contribution in [-0.2, 0) is 30.4 Å². The highest BCUT2D eigenvalue weighted by atomic mass is 32.2. The van der Waals surface area contributed by atoms with Gasteiger partial charge in [-0.25, -0.2) is 0 Å². The molecule has 0 atom stereocenters. The third-order valence-electron chi connectivity index (χ3n) is 4.22. The largest absolute Gasteiger partial charge is 0.461 e. The molecule has 5 nitrogen and oxygen atoms in total. The Labute approximate surface area is 147 Å². The Morgan fingerprint density at radius 2 is 1.68 bits per heavy atom. The summed E-state index contributed by atoms with van der Waals surface area (Å²) in [5, 5.41) is 0. The maximum absolute atomic E-state index is 12.2. The summed E-state index contributed by atoms with van der Waals surface area (Å²) < 4.78 is 34.9. The molecule has 1 aliphatic rings. The van der Waals surface area contributed by atoms with Crippen molar-refractivity contribution in [1.82, 2.24) is 0 Å². The van der Waals surface area contributed by atoms with Crippen molar-refractivity contribution in [2.24, 2.45) is 5.92 Å². The van der Waals surface area contributed by atoms with E-state index in [1.807, 2.05) is 37.3 Å². The van der Waals surface area contributed by atoms with Crippen LogP contribution >= 0.6 is 0 Å². The van der Waals surface area contributed by atoms with E-state index in [-0.39, 0.29) is 23.4 Å². The highest BCUT2D eigenvalue weighted by Gasteiger charge is 2.39. The molecule has 3 rings (SSSR count). The third-order valence-corrected chi connectivity index (χ3v) is 5.60. The first-order valence-electron chi connectivity index (χ1n) is 8.14. The molecule has 0 radical (unpaired) electrons. The average molecular weight is 360 g/mol. The van der Waals surface area contributed by atoms with Gasteiger partial charge in [0, 0.05) is 0 Å². The van der Waals surface area contributed by atoms with E-state index in [1.165, 1.54) is 12.1 Å². The van der Waals surface area contributed by atoms with Gasteiger partial charge in [0.1, 0.15) is 6.61 Å². The number of rotatable bonds is 6. The number of hydrogen-bond acceptors (Lipinski definition) is 5. The average Bonchev–Trinajstić information content (AvgIpc) is 2.57. The van der Waals surface area contributed by atoms with E-state index in [0.29, 0.717) is 12.8 Å². The van der Waals surface area contributed by atoms with E-state index in [4.69, 9.17) is 8.92 Å². The maximum atomic E-state index is 12.2. The minimum atomic E-state index is -3.79. The molecule has 25 heavy (non-hydrogen) atoms. The molecule has 1 fully saturated rings. The number of esters is 1. The Hall–Kier alpha value is -2.18. The van der Waals surface area contributed by atoms with Crippen LogP contribution < -0.4 is 0 Å². The molecule has 0 spiro atoms. The Kier molecular flexibility index (Phi) is 5.20. The lowest BCUT2D eigenvalue weighted by Crippen LogP contribution is -2.38. The van der Waals surface area contributed by atoms with Gasteiger partial charge in [-0.15, -0.1) is 0 Å². The Balaban J connectivity index is 1.47. The lowest BCUT2D eigenvalue weighted by atomic mass is 9.82. The molecule has 0 N–H and O–H groups in total. The van der Waals surface area contributed by atoms with Crippen LogP contribution in [0.4, 0.5) is 0 Å². The lowest BCUT2D eigenvalue weighted by molar-refractivity contribution is -0.156. The van der Waals surface area contributed by atoms with Crippen LogP contribution in [-0.4, -0.2) is 20.5 Å². The van der Waals surface area contributed by atoms with E-state index < -0.39 is 16.2 Å². The smallest absolute Gasteiger partial charge is 0.309 e. The second kappa shape index (κ2) is 7.37. The fourth-order valence-corrected chi connectivity index (χ4v) is 3.72. The van der Waals surface area contributed by atoms with Crippen molar-refractivity contribution in [3.05, 3.63) is 65.7 Å². The van der Waals surface area contributed by atoms with Crippen molar-refractivity contribution < 1.29 is 22.1 Å². The molecule has 1 saturated carbocycles. The van der Waals surface area contributed by atoms with E-state index in [1.54, 1.807) is 12.1 Å². The van der Waals surface area contributed by atoms with Gasteiger partial charge in [-0.1, -0.05) is 48.0 Å². The molecule has 0 aromatic heterocycles. The molecule has 1 aliphatic carbocycles. The van der Waals surface area contributed by atoms with Gasteiger partial charge in [-0.2, -0.15) is 8.42 Å². The van der Waals surface area contributed by atoms with Gasteiger partial charge in [-0.3, -0.25) is 8.98 Å². The van der Waals surface area contributed by atoms with Crippen LogP contribution in [0.25, 0.3) is 0 Å². The summed E-state index contributed by atoms with van der Waals surface area (Å²) in [5.74, 6) is -0.613. The monoisotopic (exact) mass is 360 g/mol. The Morgan fingerprint density at radius 1 is 1.04 bits per heavy atom. The standard InChI is InChI=1S/C19H20O5S/c1-14-7-9-18(10-8-14)25(21,22)24-17-11-16(12-17)19(20)23-13-15-5-3-2-4-6-15/h2-10,16-17H,11-13H2,1H3/t16-,17+. The van der Waals surface area contributed by atoms with Crippen LogP contribution in [0.5, 0.6) is 0 Å². The van der Waals surface area contributed by atoms with Gasteiger partial charge in [0.15, 0.2) is 0 Å². The van der Waals surface area contributed by atoms with E-state index in [0.717, 1.165) is 11.1 Å². The number of aryl methyl sites for hydroxylation is 1. The summed E-state index contributed by atoms with van der Waals surface area (Å²) in [5.41, 5.74) is 1.90. The maximum Gasteiger partial charge on any atom is 0.309 e. The minimum Gasteiger partial charge on any atom is -0.461 e. The van der Waals surface area contributed by atoms with Crippen molar-refractivity contribution in [2.75, 3.05) is 0 Å². The zero-order chi connectivity index (χ0) is 17.9. The number of carbonyl (C=O) groups excluding carboxylic acids is 1. The van der Waals surface area contributed by atoms with Crippen molar-refractivity contribution >= 4 is 16.1 Å². The molecule has 2 aromatic rings. The highest BCUT2D eigenvalue weighted by Crippen LogP contribution is 2.33. The number of hydrogen-bond donors (Lipinski definition) is 0. The van der Waals surface area contributed by atoms with Gasteiger partial charge >= 0.3 is 5.97 Å². The molecule has 132 valence electrons. The van der Waals surface area contributed by atoms with E-state index in [2.05, 4.69) is 0 Å². The lowest BCUT2D eigenvalue weighted by Gasteiger charge is -2.32. The summed E-state index contributed by atoms with van der Waals surface area (Å²) in [6.07, 6.45) is 0.248. The first kappa shape index (κ1) is 17.6. The second-order valence-electron chi connectivity index (χ2n) is 6.25. The predicted molar refractivity (Wildman–Crippen MR) is 92.2 cm³/mol. The predicted octanol–water partition coefficient (Wildman–Crippen LogP) is 3.22. The zero-order valence-electron chi connectivity index (χ0n) is 13.9. The van der Waals surface area contributed by atoms with Crippen LogP contribution in [0.1, 0.15) is 24.0 Å². The van der Waals surface area contributed by atoms with Crippen molar-refractivity contribution in [3.8, 4) is 0 Å². The molecule has 6 heteroatoms. The SMILES string of the molecule is Cc1ccc(S(=O)(=O)O[C@H]2C[C@@H](C(=O)OCc3ccccc3)C2)cc1. The fourth-order valence-electron chi connectivity index (χ4n) is 2.62. The number of carbonyl (C=O) groups is 1. The number of benzene rings is 2. The van der Waals surface area contributed by atoms with Gasteiger partial charge in [0.2, 0.25) is 0 Å². The van der Waals surface area contributed by atoms with E-state index in [9.17, 15) is 13.2 Å². The third kappa shape index (κ3) is 4.46. The van der Waals surface area contributed by atoms with E-state index >= 15 is 0 Å². The molecule has 0 saturated heterocycles. The summed E-state index contributed by atoms with van der Waals surface area (Å²) in [4.78, 5) is 12.1. The summed E-state index contributed by atoms with van der Waals surface area (Å²) >= 11 is 0. The van der Waals surface area contributed by atoms with Gasteiger partial charge in [0.05, 0.1) is 16.9 Å². The molecule has 2 aromatic carbocycles. The molecule has 0 aliphatic heterocycles. The topological polar surface area (TPSA) is 69.7 Å². The first-order valence-corrected chi connectivity index (χ1v) is 9.55. The van der Waals surface area contributed by atoms with Crippen molar-refractivity contribution in [1.29, 1.82) is 0 Å². The Bertz CT molecular complexity index is 822. The first-order chi connectivity index (χ1) is 11.9. The normalized spacial score (nSPS) is 19.9. The van der Waals surface area contributed by atoms with Gasteiger partial charge in [0.25, 0.3) is 10.1 Å². The summed E-state index contributed by atoms with van der Waals surface area (Å²) in [6, 6.07) is 15.9. The summed E-state index contributed by atoms with van der Waals surface area (Å²) in [6.45, 7) is 2.11. The molecule has 0 amide bonds. The molecule has 0 unspecified atom stereocenters. The van der Waals surface area contributed by atoms with Crippen LogP contribution in [0.2, 0.25) is 0 Å². The quantitative estimate of drug-likeness (QED) is 0.584. The van der Waals surface area contributed by atoms with Gasteiger partial charge in [-0.05, 0) is 37.5 Å².